The van der Waals surface area contributed by atoms with E-state index in [1.54, 1.807) is 5.57 Å². The van der Waals surface area contributed by atoms with Crippen LogP contribution in [-0.4, -0.2) is 0 Å². The summed E-state index contributed by atoms with van der Waals surface area (Å²) in [5.41, 5.74) is 6.21. The van der Waals surface area contributed by atoms with Crippen molar-refractivity contribution in [3.63, 3.8) is 0 Å². The largest absolute Gasteiger partial charge is 0.253 e. The van der Waals surface area contributed by atoms with Crippen LogP contribution in [0.25, 0.3) is 5.57 Å². The normalized spacial score (nSPS) is 28.4. The number of para-hydroxylation sites is 1. The summed E-state index contributed by atoms with van der Waals surface area (Å²) in [6.07, 6.45) is 6.78. The van der Waals surface area contributed by atoms with Crippen molar-refractivity contribution in [2.45, 2.75) is 39.0 Å². The monoisotopic (exact) mass is 224 g/mol. The van der Waals surface area contributed by atoms with Gasteiger partial charge in [-0.3, -0.25) is 5.32 Å². The van der Waals surface area contributed by atoms with Crippen LogP contribution in [0.5, 0.6) is 0 Å². The predicted molar refractivity (Wildman–Crippen MR) is 69.8 cm³/mol. The number of hydrogen-bond donors (Lipinski definition) is 0. The van der Waals surface area contributed by atoms with Gasteiger partial charge >= 0.3 is 0 Å². The number of fused-ring (bicyclic) bond motifs is 2. The smallest absolute Gasteiger partial charge is 0.0708 e. The van der Waals surface area contributed by atoms with Gasteiger partial charge in [0.15, 0.2) is 0 Å². The van der Waals surface area contributed by atoms with Crippen molar-refractivity contribution in [3.05, 3.63) is 35.5 Å². The molecule has 1 unspecified atom stereocenters. The van der Waals surface area contributed by atoms with Crippen LogP contribution in [0.2, 0.25) is 0 Å². The zero-order valence-electron chi connectivity index (χ0n) is 10.4. The van der Waals surface area contributed by atoms with E-state index in [2.05, 4.69) is 31.2 Å². The van der Waals surface area contributed by atoms with E-state index in [0.29, 0.717) is 5.41 Å². The van der Waals surface area contributed by atoms with Gasteiger partial charge in [0, 0.05) is 11.3 Å². The Balaban J connectivity index is 1.79. The van der Waals surface area contributed by atoms with Gasteiger partial charge in [0.2, 0.25) is 0 Å². The highest BCUT2D eigenvalue weighted by Crippen LogP contribution is 2.59. The summed E-state index contributed by atoms with van der Waals surface area (Å²) in [7, 11) is 0. The molecule has 1 heterocycles. The molecule has 0 spiro atoms. The van der Waals surface area contributed by atoms with Crippen LogP contribution in [0.3, 0.4) is 0 Å². The number of rotatable bonds is 1. The third-order valence-electron chi connectivity index (χ3n) is 5.12. The van der Waals surface area contributed by atoms with Gasteiger partial charge in [0.05, 0.1) is 5.69 Å². The standard InChI is InChI=1S/C16H18N/c1-16(9-4-10-16)12-7-8-14-15(12)11-5-2-3-6-13(11)17-14/h2-3,5-6,12H,4,7-10H2,1H3. The Morgan fingerprint density at radius 3 is 2.82 bits per heavy atom. The summed E-state index contributed by atoms with van der Waals surface area (Å²) in [5.74, 6) is 0.777. The third kappa shape index (κ3) is 1.20. The first kappa shape index (κ1) is 9.76. The van der Waals surface area contributed by atoms with E-state index in [9.17, 15) is 0 Å². The summed E-state index contributed by atoms with van der Waals surface area (Å²) in [6.45, 7) is 2.48. The summed E-state index contributed by atoms with van der Waals surface area (Å²) >= 11 is 0. The molecule has 0 bridgehead atoms. The van der Waals surface area contributed by atoms with E-state index < -0.39 is 0 Å². The van der Waals surface area contributed by atoms with Gasteiger partial charge in [-0.2, -0.15) is 0 Å². The molecule has 0 amide bonds. The molecule has 1 nitrogen and oxygen atoms in total. The molecule has 4 rings (SSSR count). The molecule has 0 aromatic heterocycles. The van der Waals surface area contributed by atoms with Gasteiger partial charge in [-0.15, -0.1) is 0 Å². The summed E-state index contributed by atoms with van der Waals surface area (Å²) in [4.78, 5) is 0. The van der Waals surface area contributed by atoms with E-state index in [0.717, 1.165) is 5.92 Å². The predicted octanol–water partition coefficient (Wildman–Crippen LogP) is 4.25. The molecule has 2 aliphatic carbocycles. The summed E-state index contributed by atoms with van der Waals surface area (Å²) in [6, 6.07) is 8.68. The zero-order valence-corrected chi connectivity index (χ0v) is 10.4. The fourth-order valence-corrected chi connectivity index (χ4v) is 3.94. The van der Waals surface area contributed by atoms with E-state index in [1.165, 1.54) is 49.1 Å². The Labute approximate surface area is 103 Å². The van der Waals surface area contributed by atoms with Crippen LogP contribution in [0.1, 0.15) is 44.6 Å². The molecule has 1 aromatic rings. The van der Waals surface area contributed by atoms with Crippen molar-refractivity contribution in [1.82, 2.24) is 5.32 Å². The second-order valence-corrected chi connectivity index (χ2v) is 6.09. The number of hydrogen-bond acceptors (Lipinski definition) is 0. The van der Waals surface area contributed by atoms with Gasteiger partial charge in [-0.25, -0.2) is 0 Å². The maximum Gasteiger partial charge on any atom is 0.0708 e. The topological polar surface area (TPSA) is 14.1 Å². The molecule has 1 heteroatoms. The Hall–Kier alpha value is -1.24. The third-order valence-corrected chi connectivity index (χ3v) is 5.12. The molecule has 17 heavy (non-hydrogen) atoms. The summed E-state index contributed by atoms with van der Waals surface area (Å²) in [5, 5.41) is 4.82. The first-order valence-corrected chi connectivity index (χ1v) is 6.82. The van der Waals surface area contributed by atoms with Crippen molar-refractivity contribution in [2.75, 3.05) is 0 Å². The van der Waals surface area contributed by atoms with Crippen molar-refractivity contribution in [3.8, 4) is 0 Å². The Morgan fingerprint density at radius 1 is 1.24 bits per heavy atom. The van der Waals surface area contributed by atoms with E-state index in [1.807, 2.05) is 0 Å². The minimum absolute atomic E-state index is 0.573. The number of benzene rings is 1. The Kier molecular flexibility index (Phi) is 1.81. The molecular formula is C16H18N. The molecule has 1 aromatic carbocycles. The molecule has 1 aliphatic heterocycles. The maximum atomic E-state index is 4.82. The fraction of sp³-hybridized carbons (Fsp3) is 0.500. The zero-order chi connectivity index (χ0) is 11.5. The lowest BCUT2D eigenvalue weighted by atomic mass is 9.60. The average Bonchev–Trinajstić information content (AvgIpc) is 2.84. The summed E-state index contributed by atoms with van der Waals surface area (Å²) < 4.78 is 0. The number of nitrogens with zero attached hydrogens (tertiary/aromatic N) is 1. The highest BCUT2D eigenvalue weighted by atomic mass is 14.9. The lowest BCUT2D eigenvalue weighted by Crippen LogP contribution is -2.33. The highest BCUT2D eigenvalue weighted by molar-refractivity contribution is 5.84. The van der Waals surface area contributed by atoms with Gasteiger partial charge in [0.1, 0.15) is 0 Å². The molecule has 0 N–H and O–H groups in total. The van der Waals surface area contributed by atoms with Crippen LogP contribution < -0.4 is 5.32 Å². The molecule has 0 saturated heterocycles. The average molecular weight is 224 g/mol. The van der Waals surface area contributed by atoms with Gasteiger partial charge in [-0.05, 0) is 48.7 Å². The fourth-order valence-electron chi connectivity index (χ4n) is 3.94. The second kappa shape index (κ2) is 3.16. The van der Waals surface area contributed by atoms with Crippen LogP contribution in [0.4, 0.5) is 5.69 Å². The second-order valence-electron chi connectivity index (χ2n) is 6.09. The minimum Gasteiger partial charge on any atom is -0.253 e. The van der Waals surface area contributed by atoms with Crippen LogP contribution >= 0.6 is 0 Å². The van der Waals surface area contributed by atoms with Crippen molar-refractivity contribution < 1.29 is 0 Å². The molecule has 87 valence electrons. The van der Waals surface area contributed by atoms with Gasteiger partial charge < -0.3 is 0 Å². The van der Waals surface area contributed by atoms with Crippen molar-refractivity contribution in [2.24, 2.45) is 11.3 Å². The van der Waals surface area contributed by atoms with Crippen LogP contribution in [0.15, 0.2) is 30.0 Å². The van der Waals surface area contributed by atoms with Crippen molar-refractivity contribution >= 4 is 11.3 Å². The SMILES string of the molecule is CC1(C2CCC3=C2c2ccccc2[N]3)CCC1. The highest BCUT2D eigenvalue weighted by Gasteiger charge is 2.46. The first-order chi connectivity index (χ1) is 8.28. The van der Waals surface area contributed by atoms with Crippen molar-refractivity contribution in [1.29, 1.82) is 0 Å². The maximum absolute atomic E-state index is 4.82. The van der Waals surface area contributed by atoms with Crippen LogP contribution in [0, 0.1) is 11.3 Å². The molecule has 1 fully saturated rings. The lowest BCUT2D eigenvalue weighted by Gasteiger charge is -2.44. The number of allylic oxidation sites excluding steroid dienone is 2. The van der Waals surface area contributed by atoms with Gasteiger partial charge in [-0.1, -0.05) is 31.5 Å². The quantitative estimate of drug-likeness (QED) is 0.677. The molecule has 1 atom stereocenters. The molecule has 1 saturated carbocycles. The minimum atomic E-state index is 0.573. The lowest BCUT2D eigenvalue weighted by molar-refractivity contribution is 0.104. The van der Waals surface area contributed by atoms with Gasteiger partial charge in [0.25, 0.3) is 0 Å². The Morgan fingerprint density at radius 2 is 2.06 bits per heavy atom. The van der Waals surface area contributed by atoms with E-state index >= 15 is 0 Å². The van der Waals surface area contributed by atoms with E-state index in [-0.39, 0.29) is 0 Å². The van der Waals surface area contributed by atoms with E-state index in [4.69, 9.17) is 5.32 Å². The molecule has 1 radical (unpaired) electrons. The molecule has 3 aliphatic rings. The molecular weight excluding hydrogens is 206 g/mol. The Bertz CT molecular complexity index is 508. The van der Waals surface area contributed by atoms with Crippen LogP contribution in [-0.2, 0) is 0 Å². The first-order valence-electron chi connectivity index (χ1n) is 6.82.